The number of carbonyl (C=O) groups is 1. The summed E-state index contributed by atoms with van der Waals surface area (Å²) in [5, 5.41) is 3.34. The molecular formula is C31H39N3O. The summed E-state index contributed by atoms with van der Waals surface area (Å²) in [7, 11) is 0. The van der Waals surface area contributed by atoms with Gasteiger partial charge in [0, 0.05) is 18.3 Å². The second-order valence-corrected chi connectivity index (χ2v) is 10.0. The largest absolute Gasteiger partial charge is 0.328 e. The number of hydrogen-bond acceptors (Lipinski definition) is 2. The Balaban J connectivity index is 1.55. The predicted octanol–water partition coefficient (Wildman–Crippen LogP) is 6.88. The highest BCUT2D eigenvalue weighted by molar-refractivity contribution is 5.93. The normalized spacial score (nSPS) is 15.8. The standard InChI is InChI=1S/C31H39N3O/c1-4-9-24-12-14-25(15-13-24)26-16-18-28(19-17-26)34(22-29(32)23(3)5-2)30(35)33-31(20-21-31)27-10-7-6-8-11-27/h6-8,10-19,23,29H,4-5,9,20-22,32H2,1-3H3,(H,33,35). The van der Waals surface area contributed by atoms with E-state index in [1.807, 2.05) is 35.2 Å². The zero-order valence-corrected chi connectivity index (χ0v) is 21.3. The van der Waals surface area contributed by atoms with Gasteiger partial charge in [0.15, 0.2) is 0 Å². The summed E-state index contributed by atoms with van der Waals surface area (Å²) in [6.45, 7) is 6.98. The molecular weight excluding hydrogens is 430 g/mol. The molecule has 35 heavy (non-hydrogen) atoms. The van der Waals surface area contributed by atoms with Crippen LogP contribution in [0, 0.1) is 5.92 Å². The summed E-state index contributed by atoms with van der Waals surface area (Å²) < 4.78 is 0. The summed E-state index contributed by atoms with van der Waals surface area (Å²) in [6.07, 6.45) is 5.15. The Kier molecular flexibility index (Phi) is 7.92. The van der Waals surface area contributed by atoms with Crippen molar-refractivity contribution in [1.82, 2.24) is 5.32 Å². The number of nitrogens with one attached hydrogen (secondary N) is 1. The molecule has 0 spiro atoms. The lowest BCUT2D eigenvalue weighted by atomic mass is 9.99. The Morgan fingerprint density at radius 2 is 1.54 bits per heavy atom. The lowest BCUT2D eigenvalue weighted by Crippen LogP contribution is -2.50. The predicted molar refractivity (Wildman–Crippen MR) is 147 cm³/mol. The van der Waals surface area contributed by atoms with Gasteiger partial charge in [-0.25, -0.2) is 4.79 Å². The van der Waals surface area contributed by atoms with Crippen molar-refractivity contribution in [3.63, 3.8) is 0 Å². The molecule has 3 aromatic rings. The van der Waals surface area contributed by atoms with Gasteiger partial charge in [0.1, 0.15) is 0 Å². The first-order chi connectivity index (χ1) is 17.0. The molecule has 3 aromatic carbocycles. The Morgan fingerprint density at radius 1 is 0.943 bits per heavy atom. The Labute approximate surface area is 210 Å². The minimum absolute atomic E-state index is 0.0817. The number of hydrogen-bond donors (Lipinski definition) is 2. The van der Waals surface area contributed by atoms with E-state index in [0.29, 0.717) is 12.5 Å². The molecule has 1 saturated carbocycles. The van der Waals surface area contributed by atoms with Crippen molar-refractivity contribution in [3.8, 4) is 11.1 Å². The molecule has 1 fully saturated rings. The zero-order chi connectivity index (χ0) is 24.8. The molecule has 4 rings (SSSR count). The smallest absolute Gasteiger partial charge is 0.322 e. The number of nitrogens with two attached hydrogens (primary N) is 1. The molecule has 4 heteroatoms. The van der Waals surface area contributed by atoms with Crippen molar-refractivity contribution in [3.05, 3.63) is 90.0 Å². The number of nitrogens with zero attached hydrogens (tertiary/aromatic N) is 1. The number of amides is 2. The molecule has 4 nitrogen and oxygen atoms in total. The molecule has 2 amide bonds. The number of urea groups is 1. The summed E-state index contributed by atoms with van der Waals surface area (Å²) in [5.74, 6) is 0.329. The van der Waals surface area contributed by atoms with Crippen LogP contribution in [0.25, 0.3) is 11.1 Å². The van der Waals surface area contributed by atoms with E-state index < -0.39 is 0 Å². The van der Waals surface area contributed by atoms with Gasteiger partial charge in [-0.2, -0.15) is 0 Å². The van der Waals surface area contributed by atoms with Crippen LogP contribution in [0.2, 0.25) is 0 Å². The fourth-order valence-corrected chi connectivity index (χ4v) is 4.63. The highest BCUT2D eigenvalue weighted by Gasteiger charge is 2.46. The molecule has 0 saturated heterocycles. The second-order valence-electron chi connectivity index (χ2n) is 10.0. The van der Waals surface area contributed by atoms with Crippen LogP contribution in [0.3, 0.4) is 0 Å². The van der Waals surface area contributed by atoms with Gasteiger partial charge < -0.3 is 11.1 Å². The summed E-state index contributed by atoms with van der Waals surface area (Å²) >= 11 is 0. The van der Waals surface area contributed by atoms with E-state index in [-0.39, 0.29) is 17.6 Å². The fourth-order valence-electron chi connectivity index (χ4n) is 4.63. The molecule has 0 radical (unpaired) electrons. The molecule has 0 bridgehead atoms. The van der Waals surface area contributed by atoms with Crippen LogP contribution in [0.4, 0.5) is 10.5 Å². The molecule has 0 aromatic heterocycles. The van der Waals surface area contributed by atoms with E-state index in [0.717, 1.165) is 43.4 Å². The molecule has 0 aliphatic heterocycles. The third-order valence-corrected chi connectivity index (χ3v) is 7.44. The molecule has 1 aliphatic rings. The van der Waals surface area contributed by atoms with Crippen molar-refractivity contribution >= 4 is 11.7 Å². The van der Waals surface area contributed by atoms with Crippen molar-refractivity contribution in [2.24, 2.45) is 11.7 Å². The number of aryl methyl sites for hydroxylation is 1. The van der Waals surface area contributed by atoms with Crippen LogP contribution in [0.15, 0.2) is 78.9 Å². The first-order valence-electron chi connectivity index (χ1n) is 13.1. The van der Waals surface area contributed by atoms with Crippen molar-refractivity contribution in [2.45, 2.75) is 64.5 Å². The van der Waals surface area contributed by atoms with Gasteiger partial charge in [0.2, 0.25) is 0 Å². The molecule has 1 aliphatic carbocycles. The number of anilines is 1. The molecule has 2 unspecified atom stereocenters. The van der Waals surface area contributed by atoms with E-state index in [1.54, 1.807) is 0 Å². The summed E-state index contributed by atoms with van der Waals surface area (Å²) in [4.78, 5) is 15.5. The lowest BCUT2D eigenvalue weighted by molar-refractivity contribution is 0.240. The van der Waals surface area contributed by atoms with Crippen molar-refractivity contribution in [2.75, 3.05) is 11.4 Å². The van der Waals surface area contributed by atoms with Crippen LogP contribution in [0.5, 0.6) is 0 Å². The van der Waals surface area contributed by atoms with Gasteiger partial charge in [0.25, 0.3) is 0 Å². The first kappa shape index (κ1) is 25.0. The number of carbonyl (C=O) groups excluding carboxylic acids is 1. The van der Waals surface area contributed by atoms with E-state index >= 15 is 0 Å². The van der Waals surface area contributed by atoms with Gasteiger partial charge in [-0.15, -0.1) is 0 Å². The zero-order valence-electron chi connectivity index (χ0n) is 21.3. The van der Waals surface area contributed by atoms with Gasteiger partial charge in [-0.05, 0) is 59.6 Å². The highest BCUT2D eigenvalue weighted by atomic mass is 16.2. The average Bonchev–Trinajstić information content (AvgIpc) is 3.68. The van der Waals surface area contributed by atoms with E-state index in [1.165, 1.54) is 16.7 Å². The molecule has 2 atom stereocenters. The molecule has 184 valence electrons. The van der Waals surface area contributed by atoms with Gasteiger partial charge in [-0.1, -0.05) is 100 Å². The second kappa shape index (κ2) is 11.1. The topological polar surface area (TPSA) is 58.4 Å². The maximum absolute atomic E-state index is 13.6. The maximum Gasteiger partial charge on any atom is 0.322 e. The fraction of sp³-hybridized carbons (Fsp3) is 0.387. The Morgan fingerprint density at radius 3 is 2.09 bits per heavy atom. The van der Waals surface area contributed by atoms with Crippen LogP contribution in [-0.2, 0) is 12.0 Å². The summed E-state index contributed by atoms with van der Waals surface area (Å²) in [5.41, 5.74) is 12.0. The van der Waals surface area contributed by atoms with Crippen molar-refractivity contribution in [1.29, 1.82) is 0 Å². The lowest BCUT2D eigenvalue weighted by Gasteiger charge is -2.31. The maximum atomic E-state index is 13.6. The SMILES string of the molecule is CCCc1ccc(-c2ccc(N(CC(N)C(C)CC)C(=O)NC3(c4ccccc4)CC3)cc2)cc1. The van der Waals surface area contributed by atoms with Crippen LogP contribution >= 0.6 is 0 Å². The monoisotopic (exact) mass is 469 g/mol. The minimum Gasteiger partial charge on any atom is -0.328 e. The highest BCUT2D eigenvalue weighted by Crippen LogP contribution is 2.45. The summed E-state index contributed by atoms with van der Waals surface area (Å²) in [6, 6.07) is 27.2. The molecule has 0 heterocycles. The van der Waals surface area contributed by atoms with Crippen molar-refractivity contribution < 1.29 is 4.79 Å². The van der Waals surface area contributed by atoms with Gasteiger partial charge in [-0.3, -0.25) is 4.90 Å². The average molecular weight is 470 g/mol. The van der Waals surface area contributed by atoms with Crippen LogP contribution in [0.1, 0.15) is 57.6 Å². The first-order valence-corrected chi connectivity index (χ1v) is 13.1. The van der Waals surface area contributed by atoms with E-state index in [2.05, 4.69) is 74.6 Å². The quantitative estimate of drug-likeness (QED) is 0.340. The Bertz CT molecular complexity index is 1090. The van der Waals surface area contributed by atoms with Gasteiger partial charge in [0.05, 0.1) is 5.54 Å². The van der Waals surface area contributed by atoms with E-state index in [4.69, 9.17) is 5.73 Å². The van der Waals surface area contributed by atoms with Crippen LogP contribution in [-0.4, -0.2) is 18.6 Å². The third-order valence-electron chi connectivity index (χ3n) is 7.44. The van der Waals surface area contributed by atoms with E-state index in [9.17, 15) is 4.79 Å². The van der Waals surface area contributed by atoms with Gasteiger partial charge >= 0.3 is 6.03 Å². The Hall–Kier alpha value is -3.11. The van der Waals surface area contributed by atoms with Crippen LogP contribution < -0.4 is 16.0 Å². The third kappa shape index (κ3) is 5.94. The number of benzene rings is 3. The number of rotatable bonds is 10. The molecule has 3 N–H and O–H groups in total. The minimum atomic E-state index is -0.267.